The minimum absolute atomic E-state index is 0.149. The zero-order valence-electron chi connectivity index (χ0n) is 16.1. The molecule has 146 valence electrons. The van der Waals surface area contributed by atoms with E-state index in [1.165, 1.54) is 24.3 Å². The summed E-state index contributed by atoms with van der Waals surface area (Å²) in [5.74, 6) is -0.521. The first-order valence-electron chi connectivity index (χ1n) is 8.91. The van der Waals surface area contributed by atoms with Gasteiger partial charge in [0.25, 0.3) is 11.6 Å². The molecule has 0 aliphatic heterocycles. The predicted octanol–water partition coefficient (Wildman–Crippen LogP) is 3.84. The van der Waals surface area contributed by atoms with E-state index in [0.29, 0.717) is 5.71 Å². The van der Waals surface area contributed by atoms with Gasteiger partial charge >= 0.3 is 0 Å². The lowest BCUT2D eigenvalue weighted by Crippen LogP contribution is -2.20. The van der Waals surface area contributed by atoms with Gasteiger partial charge in [-0.25, -0.2) is 5.43 Å². The van der Waals surface area contributed by atoms with Gasteiger partial charge in [0, 0.05) is 48.6 Å². The number of amides is 1. The smallest absolute Gasteiger partial charge is 0.271 e. The number of nitro groups is 1. The zero-order valence-corrected chi connectivity index (χ0v) is 16.1. The fourth-order valence-electron chi connectivity index (χ4n) is 2.74. The molecule has 3 aromatic rings. The van der Waals surface area contributed by atoms with Gasteiger partial charge in [0.2, 0.25) is 0 Å². The molecule has 0 unspecified atom stereocenters. The molecule has 3 aromatic carbocycles. The van der Waals surface area contributed by atoms with Crippen LogP contribution < -0.4 is 10.3 Å². The van der Waals surface area contributed by atoms with Crippen molar-refractivity contribution in [1.29, 1.82) is 0 Å². The number of carbonyl (C=O) groups is 1. The summed E-state index contributed by atoms with van der Waals surface area (Å²) in [6, 6.07) is 22.8. The van der Waals surface area contributed by atoms with Crippen LogP contribution in [0.15, 0.2) is 84.0 Å². The van der Waals surface area contributed by atoms with Crippen molar-refractivity contribution in [2.45, 2.75) is 0 Å². The Morgan fingerprint density at radius 2 is 1.52 bits per heavy atom. The second-order valence-corrected chi connectivity index (χ2v) is 6.52. The standard InChI is InChI=1S/C22H20N4O3/c1-25(2)19-13-11-17(12-14-19)21(16-7-4-3-5-8-16)23-24-22(27)18-9-6-10-20(15-18)26(28)29/h3-15H,1-2H3,(H,24,27)/b23-21-. The van der Waals surface area contributed by atoms with Crippen molar-refractivity contribution in [2.24, 2.45) is 5.10 Å². The first-order valence-corrected chi connectivity index (χ1v) is 8.91. The van der Waals surface area contributed by atoms with Crippen LogP contribution >= 0.6 is 0 Å². The maximum Gasteiger partial charge on any atom is 0.271 e. The molecule has 0 aliphatic rings. The summed E-state index contributed by atoms with van der Waals surface area (Å²) >= 11 is 0. The first kappa shape index (κ1) is 19.8. The van der Waals surface area contributed by atoms with E-state index in [-0.39, 0.29) is 11.3 Å². The Hall–Kier alpha value is -4.00. The minimum atomic E-state index is -0.540. The Morgan fingerprint density at radius 3 is 2.14 bits per heavy atom. The van der Waals surface area contributed by atoms with Gasteiger partial charge in [-0.1, -0.05) is 48.5 Å². The van der Waals surface area contributed by atoms with Crippen molar-refractivity contribution >= 4 is 23.0 Å². The Labute approximate surface area is 168 Å². The molecule has 0 heterocycles. The average molecular weight is 388 g/mol. The third-order valence-corrected chi connectivity index (χ3v) is 4.29. The van der Waals surface area contributed by atoms with Gasteiger partial charge in [0.15, 0.2) is 0 Å². The highest BCUT2D eigenvalue weighted by atomic mass is 16.6. The minimum Gasteiger partial charge on any atom is -0.378 e. The van der Waals surface area contributed by atoms with E-state index in [4.69, 9.17) is 0 Å². The van der Waals surface area contributed by atoms with Gasteiger partial charge in [-0.2, -0.15) is 5.10 Å². The maximum absolute atomic E-state index is 12.5. The van der Waals surface area contributed by atoms with Crippen LogP contribution in [0.2, 0.25) is 0 Å². The molecule has 0 saturated carbocycles. The Morgan fingerprint density at radius 1 is 0.897 bits per heavy atom. The van der Waals surface area contributed by atoms with Crippen molar-refractivity contribution in [1.82, 2.24) is 5.43 Å². The fraction of sp³-hybridized carbons (Fsp3) is 0.0909. The number of nitrogens with zero attached hydrogens (tertiary/aromatic N) is 3. The number of nitro benzene ring substituents is 1. The topological polar surface area (TPSA) is 87.8 Å². The molecule has 3 rings (SSSR count). The number of anilines is 1. The molecule has 0 saturated heterocycles. The highest BCUT2D eigenvalue weighted by molar-refractivity contribution is 6.13. The number of nitrogens with one attached hydrogen (secondary N) is 1. The quantitative estimate of drug-likeness (QED) is 0.395. The van der Waals surface area contributed by atoms with Crippen molar-refractivity contribution < 1.29 is 9.72 Å². The van der Waals surface area contributed by atoms with E-state index in [9.17, 15) is 14.9 Å². The van der Waals surface area contributed by atoms with Crippen LogP contribution in [-0.4, -0.2) is 30.6 Å². The van der Waals surface area contributed by atoms with Crippen molar-refractivity contribution in [3.63, 3.8) is 0 Å². The van der Waals surface area contributed by atoms with Gasteiger partial charge in [-0.05, 0) is 18.2 Å². The Kier molecular flexibility index (Phi) is 5.99. The van der Waals surface area contributed by atoms with Crippen LogP contribution in [0.5, 0.6) is 0 Å². The molecular formula is C22H20N4O3. The third-order valence-electron chi connectivity index (χ3n) is 4.29. The van der Waals surface area contributed by atoms with Crippen molar-refractivity contribution in [3.05, 3.63) is 106 Å². The zero-order chi connectivity index (χ0) is 20.8. The molecular weight excluding hydrogens is 368 g/mol. The number of carbonyl (C=O) groups excluding carboxylic acids is 1. The van der Waals surface area contributed by atoms with E-state index in [1.807, 2.05) is 73.6 Å². The summed E-state index contributed by atoms with van der Waals surface area (Å²) in [5, 5.41) is 15.3. The summed E-state index contributed by atoms with van der Waals surface area (Å²) in [6.07, 6.45) is 0. The molecule has 0 atom stereocenters. The number of hydrazone groups is 1. The number of hydrogen-bond donors (Lipinski definition) is 1. The van der Waals surface area contributed by atoms with E-state index >= 15 is 0 Å². The summed E-state index contributed by atoms with van der Waals surface area (Å²) in [7, 11) is 3.92. The molecule has 1 N–H and O–H groups in total. The maximum atomic E-state index is 12.5. The van der Waals surface area contributed by atoms with Gasteiger partial charge in [0.1, 0.15) is 0 Å². The Bertz CT molecular complexity index is 1050. The van der Waals surface area contributed by atoms with E-state index < -0.39 is 10.8 Å². The second kappa shape index (κ2) is 8.79. The number of non-ortho nitro benzene ring substituents is 1. The van der Waals surface area contributed by atoms with Crippen LogP contribution in [0.25, 0.3) is 0 Å². The lowest BCUT2D eigenvalue weighted by Gasteiger charge is -2.13. The predicted molar refractivity (Wildman–Crippen MR) is 113 cm³/mol. The third kappa shape index (κ3) is 4.84. The molecule has 0 radical (unpaired) electrons. The molecule has 0 aromatic heterocycles. The summed E-state index contributed by atoms with van der Waals surface area (Å²) < 4.78 is 0. The fourth-order valence-corrected chi connectivity index (χ4v) is 2.74. The van der Waals surface area contributed by atoms with Gasteiger partial charge < -0.3 is 4.90 Å². The van der Waals surface area contributed by atoms with E-state index in [1.54, 1.807) is 0 Å². The number of rotatable bonds is 6. The average Bonchev–Trinajstić information content (AvgIpc) is 2.75. The van der Waals surface area contributed by atoms with Crippen LogP contribution in [0, 0.1) is 10.1 Å². The lowest BCUT2D eigenvalue weighted by molar-refractivity contribution is -0.384. The van der Waals surface area contributed by atoms with Crippen LogP contribution in [0.4, 0.5) is 11.4 Å². The van der Waals surface area contributed by atoms with E-state index in [0.717, 1.165) is 16.8 Å². The second-order valence-electron chi connectivity index (χ2n) is 6.52. The molecule has 0 spiro atoms. The number of benzene rings is 3. The Balaban J connectivity index is 1.92. The molecule has 0 fully saturated rings. The summed E-state index contributed by atoms with van der Waals surface area (Å²) in [4.78, 5) is 24.9. The molecule has 0 aliphatic carbocycles. The van der Waals surface area contributed by atoms with Crippen LogP contribution in [0.3, 0.4) is 0 Å². The highest BCUT2D eigenvalue weighted by Gasteiger charge is 2.13. The van der Waals surface area contributed by atoms with Crippen molar-refractivity contribution in [2.75, 3.05) is 19.0 Å². The van der Waals surface area contributed by atoms with Gasteiger partial charge in [-0.15, -0.1) is 0 Å². The lowest BCUT2D eigenvalue weighted by atomic mass is 10.0. The van der Waals surface area contributed by atoms with Gasteiger partial charge in [0.05, 0.1) is 10.6 Å². The molecule has 0 bridgehead atoms. The number of hydrogen-bond acceptors (Lipinski definition) is 5. The van der Waals surface area contributed by atoms with Crippen LogP contribution in [0.1, 0.15) is 21.5 Å². The van der Waals surface area contributed by atoms with Crippen LogP contribution in [-0.2, 0) is 0 Å². The molecule has 1 amide bonds. The molecule has 29 heavy (non-hydrogen) atoms. The largest absolute Gasteiger partial charge is 0.378 e. The van der Waals surface area contributed by atoms with Gasteiger partial charge in [-0.3, -0.25) is 14.9 Å². The summed E-state index contributed by atoms with van der Waals surface area (Å²) in [6.45, 7) is 0. The molecule has 7 heteroatoms. The summed E-state index contributed by atoms with van der Waals surface area (Å²) in [5.41, 5.74) is 5.84. The molecule has 7 nitrogen and oxygen atoms in total. The normalized spacial score (nSPS) is 11.0. The van der Waals surface area contributed by atoms with E-state index in [2.05, 4.69) is 10.5 Å². The first-order chi connectivity index (χ1) is 14.0. The monoisotopic (exact) mass is 388 g/mol. The SMILES string of the molecule is CN(C)c1ccc(/C(=N\NC(=O)c2cccc([N+](=O)[O-])c2)c2ccccc2)cc1. The van der Waals surface area contributed by atoms with Crippen molar-refractivity contribution in [3.8, 4) is 0 Å². The highest BCUT2D eigenvalue weighted by Crippen LogP contribution is 2.17.